The van der Waals surface area contributed by atoms with Crippen molar-refractivity contribution in [2.75, 3.05) is 13.7 Å². The number of rotatable bonds is 6. The fourth-order valence-electron chi connectivity index (χ4n) is 1.34. The predicted octanol–water partition coefficient (Wildman–Crippen LogP) is 1.69. The lowest BCUT2D eigenvalue weighted by Crippen LogP contribution is -2.18. The third-order valence-electron chi connectivity index (χ3n) is 2.31. The Morgan fingerprint density at radius 2 is 2.25 bits per heavy atom. The number of hydrogen-bond donors (Lipinski definition) is 2. The van der Waals surface area contributed by atoms with Crippen molar-refractivity contribution in [3.05, 3.63) is 29.6 Å². The molecule has 0 saturated heterocycles. The first-order valence-electron chi connectivity index (χ1n) is 5.41. The molecule has 0 saturated carbocycles. The van der Waals surface area contributed by atoms with E-state index >= 15 is 0 Å². The summed E-state index contributed by atoms with van der Waals surface area (Å²) in [6.07, 6.45) is 0.0394. The molecule has 0 aliphatic heterocycles. The maximum atomic E-state index is 13.5. The first kappa shape index (κ1) is 12.9. The molecule has 4 heteroatoms. The summed E-state index contributed by atoms with van der Waals surface area (Å²) in [7, 11) is 1.79. The van der Waals surface area contributed by atoms with Crippen LogP contribution in [0.4, 0.5) is 4.39 Å². The van der Waals surface area contributed by atoms with Crippen LogP contribution in [0.25, 0.3) is 0 Å². The van der Waals surface area contributed by atoms with Gasteiger partial charge in [0.2, 0.25) is 0 Å². The van der Waals surface area contributed by atoms with Crippen molar-refractivity contribution in [1.82, 2.24) is 5.32 Å². The third-order valence-corrected chi connectivity index (χ3v) is 2.31. The van der Waals surface area contributed by atoms with E-state index in [1.807, 2.05) is 6.92 Å². The van der Waals surface area contributed by atoms with Crippen molar-refractivity contribution >= 4 is 0 Å². The van der Waals surface area contributed by atoms with E-state index in [2.05, 4.69) is 5.32 Å². The predicted molar refractivity (Wildman–Crippen MR) is 61.0 cm³/mol. The van der Waals surface area contributed by atoms with Crippen LogP contribution < -0.4 is 10.1 Å². The lowest BCUT2D eigenvalue weighted by molar-refractivity contribution is 0.101. The summed E-state index contributed by atoms with van der Waals surface area (Å²) in [6, 6.07) is 4.80. The molecular formula is C12H18FNO2. The number of nitrogens with one attached hydrogen (secondary N) is 1. The number of benzene rings is 1. The number of hydrogen-bond acceptors (Lipinski definition) is 3. The summed E-state index contributed by atoms with van der Waals surface area (Å²) in [5.74, 6) is -0.166. The van der Waals surface area contributed by atoms with Gasteiger partial charge in [-0.15, -0.1) is 0 Å². The average molecular weight is 227 g/mol. The highest BCUT2D eigenvalue weighted by atomic mass is 19.1. The van der Waals surface area contributed by atoms with Gasteiger partial charge in [0.1, 0.15) is 6.61 Å². The molecule has 2 N–H and O–H groups in total. The number of para-hydroxylation sites is 1. The number of ether oxygens (including phenoxy) is 1. The van der Waals surface area contributed by atoms with E-state index in [0.29, 0.717) is 13.0 Å². The molecule has 0 aliphatic carbocycles. The molecule has 0 bridgehead atoms. The molecule has 0 spiro atoms. The van der Waals surface area contributed by atoms with Crippen molar-refractivity contribution < 1.29 is 14.2 Å². The van der Waals surface area contributed by atoms with Crippen molar-refractivity contribution in [1.29, 1.82) is 0 Å². The minimum Gasteiger partial charge on any atom is -0.487 e. The fraction of sp³-hybridized carbons (Fsp3) is 0.500. The van der Waals surface area contributed by atoms with Crippen LogP contribution in [0, 0.1) is 5.82 Å². The zero-order chi connectivity index (χ0) is 12.0. The number of aliphatic hydroxyl groups excluding tert-OH is 1. The molecular weight excluding hydrogens is 209 g/mol. The summed E-state index contributed by atoms with van der Waals surface area (Å²) in [6.45, 7) is 2.51. The lowest BCUT2D eigenvalue weighted by atomic mass is 10.2. The van der Waals surface area contributed by atoms with Crippen LogP contribution in [0.2, 0.25) is 0 Å². The van der Waals surface area contributed by atoms with E-state index in [9.17, 15) is 9.50 Å². The molecule has 1 rings (SSSR count). The van der Waals surface area contributed by atoms with Crippen molar-refractivity contribution in [3.63, 3.8) is 0 Å². The van der Waals surface area contributed by atoms with E-state index in [0.717, 1.165) is 5.56 Å². The highest BCUT2D eigenvalue weighted by molar-refractivity contribution is 5.34. The number of aliphatic hydroxyl groups is 1. The zero-order valence-corrected chi connectivity index (χ0v) is 9.66. The summed E-state index contributed by atoms with van der Waals surface area (Å²) in [5, 5.41) is 12.3. The third kappa shape index (κ3) is 3.47. The SMILES string of the molecule is CCC(O)COc1c(F)cccc1CNC. The lowest BCUT2D eigenvalue weighted by Gasteiger charge is -2.14. The fourth-order valence-corrected chi connectivity index (χ4v) is 1.34. The minimum atomic E-state index is -0.554. The van der Waals surface area contributed by atoms with Crippen LogP contribution >= 0.6 is 0 Å². The standard InChI is InChI=1S/C12H18FNO2/c1-3-10(15)8-16-12-9(7-14-2)5-4-6-11(12)13/h4-6,10,14-15H,3,7-8H2,1-2H3. The van der Waals surface area contributed by atoms with E-state index in [1.54, 1.807) is 19.2 Å². The monoisotopic (exact) mass is 227 g/mol. The van der Waals surface area contributed by atoms with E-state index in [-0.39, 0.29) is 12.4 Å². The highest BCUT2D eigenvalue weighted by Crippen LogP contribution is 2.22. The molecule has 1 unspecified atom stereocenters. The summed E-state index contributed by atoms with van der Waals surface area (Å²) in [5.41, 5.74) is 0.755. The Balaban J connectivity index is 2.75. The Morgan fingerprint density at radius 3 is 2.88 bits per heavy atom. The highest BCUT2D eigenvalue weighted by Gasteiger charge is 2.10. The molecule has 1 aromatic carbocycles. The van der Waals surface area contributed by atoms with Crippen LogP contribution in [0.1, 0.15) is 18.9 Å². The van der Waals surface area contributed by atoms with Gasteiger partial charge < -0.3 is 15.2 Å². The molecule has 1 aromatic rings. The van der Waals surface area contributed by atoms with Gasteiger partial charge in [-0.2, -0.15) is 0 Å². The van der Waals surface area contributed by atoms with Gasteiger partial charge in [0, 0.05) is 12.1 Å². The average Bonchev–Trinajstić information content (AvgIpc) is 2.28. The quantitative estimate of drug-likeness (QED) is 0.777. The minimum absolute atomic E-state index is 0.119. The van der Waals surface area contributed by atoms with Gasteiger partial charge in [-0.25, -0.2) is 4.39 Å². The Labute approximate surface area is 95.2 Å². The molecule has 0 heterocycles. The zero-order valence-electron chi connectivity index (χ0n) is 9.66. The van der Waals surface area contributed by atoms with Gasteiger partial charge in [0.05, 0.1) is 6.10 Å². The van der Waals surface area contributed by atoms with E-state index < -0.39 is 11.9 Å². The maximum Gasteiger partial charge on any atom is 0.165 e. The van der Waals surface area contributed by atoms with Gasteiger partial charge in [-0.1, -0.05) is 19.1 Å². The van der Waals surface area contributed by atoms with Crippen LogP contribution in [0.15, 0.2) is 18.2 Å². The summed E-state index contributed by atoms with van der Waals surface area (Å²) < 4.78 is 18.8. The maximum absolute atomic E-state index is 13.5. The van der Waals surface area contributed by atoms with Crippen LogP contribution in [0.5, 0.6) is 5.75 Å². The molecule has 16 heavy (non-hydrogen) atoms. The van der Waals surface area contributed by atoms with Crippen LogP contribution in [-0.2, 0) is 6.54 Å². The Morgan fingerprint density at radius 1 is 1.50 bits per heavy atom. The molecule has 0 aromatic heterocycles. The molecule has 0 fully saturated rings. The van der Waals surface area contributed by atoms with Crippen molar-refractivity contribution in [2.45, 2.75) is 26.0 Å². The van der Waals surface area contributed by atoms with Crippen molar-refractivity contribution in [3.8, 4) is 5.75 Å². The Hall–Kier alpha value is -1.13. The van der Waals surface area contributed by atoms with Gasteiger partial charge >= 0.3 is 0 Å². The van der Waals surface area contributed by atoms with Crippen molar-refractivity contribution in [2.24, 2.45) is 0 Å². The van der Waals surface area contributed by atoms with Gasteiger partial charge in [0.25, 0.3) is 0 Å². The summed E-state index contributed by atoms with van der Waals surface area (Å²) >= 11 is 0. The molecule has 3 nitrogen and oxygen atoms in total. The molecule has 0 radical (unpaired) electrons. The van der Waals surface area contributed by atoms with E-state index in [1.165, 1.54) is 6.07 Å². The largest absolute Gasteiger partial charge is 0.487 e. The first-order valence-corrected chi connectivity index (χ1v) is 5.41. The molecule has 90 valence electrons. The second-order valence-electron chi connectivity index (χ2n) is 3.63. The van der Waals surface area contributed by atoms with Gasteiger partial charge in [-0.3, -0.25) is 0 Å². The Bertz CT molecular complexity index is 331. The molecule has 0 amide bonds. The number of halogens is 1. The normalized spacial score (nSPS) is 12.5. The smallest absolute Gasteiger partial charge is 0.165 e. The second-order valence-corrected chi connectivity index (χ2v) is 3.63. The molecule has 1 atom stereocenters. The Kier molecular flexibility index (Phi) is 5.22. The second kappa shape index (κ2) is 6.45. The molecule has 0 aliphatic rings. The van der Waals surface area contributed by atoms with Gasteiger partial charge in [0.15, 0.2) is 11.6 Å². The van der Waals surface area contributed by atoms with Crippen LogP contribution in [-0.4, -0.2) is 24.9 Å². The van der Waals surface area contributed by atoms with Crippen LogP contribution in [0.3, 0.4) is 0 Å². The van der Waals surface area contributed by atoms with Gasteiger partial charge in [-0.05, 0) is 19.5 Å². The topological polar surface area (TPSA) is 41.5 Å². The first-order chi connectivity index (χ1) is 7.69. The van der Waals surface area contributed by atoms with E-state index in [4.69, 9.17) is 4.74 Å². The summed E-state index contributed by atoms with van der Waals surface area (Å²) in [4.78, 5) is 0.